The largest absolute Gasteiger partial charge is 0.324 e. The number of aromatic nitrogens is 2. The van der Waals surface area contributed by atoms with Crippen molar-refractivity contribution in [2.24, 2.45) is 0 Å². The third-order valence-corrected chi connectivity index (χ3v) is 3.70. The summed E-state index contributed by atoms with van der Waals surface area (Å²) in [6.07, 6.45) is 1.67. The average molecular weight is 298 g/mol. The van der Waals surface area contributed by atoms with Gasteiger partial charge in [-0.25, -0.2) is 9.97 Å². The average Bonchev–Trinajstić information content (AvgIpc) is 2.47. The number of hydrogen-bond donors (Lipinski definition) is 1. The van der Waals surface area contributed by atoms with Crippen LogP contribution in [0.1, 0.15) is 18.2 Å². The van der Waals surface area contributed by atoms with Crippen LogP contribution in [0.4, 0.5) is 5.69 Å². The number of nitriles is 1. The first-order valence-electron chi connectivity index (χ1n) is 6.36. The van der Waals surface area contributed by atoms with Crippen molar-refractivity contribution in [3.8, 4) is 6.07 Å². The van der Waals surface area contributed by atoms with E-state index in [9.17, 15) is 4.79 Å². The lowest BCUT2D eigenvalue weighted by Gasteiger charge is -2.12. The lowest BCUT2D eigenvalue weighted by atomic mass is 10.2. The highest BCUT2D eigenvalue weighted by Crippen LogP contribution is 2.21. The molecule has 21 heavy (non-hydrogen) atoms. The fourth-order valence-corrected chi connectivity index (χ4v) is 2.42. The molecule has 2 aromatic rings. The van der Waals surface area contributed by atoms with Crippen LogP contribution in [0.5, 0.6) is 0 Å². The van der Waals surface area contributed by atoms with Crippen LogP contribution in [0.15, 0.2) is 41.7 Å². The molecule has 106 valence electrons. The van der Waals surface area contributed by atoms with E-state index in [0.717, 1.165) is 5.69 Å². The Morgan fingerprint density at radius 1 is 1.38 bits per heavy atom. The number of benzene rings is 1. The maximum absolute atomic E-state index is 12.2. The van der Waals surface area contributed by atoms with Crippen LogP contribution in [-0.2, 0) is 4.79 Å². The van der Waals surface area contributed by atoms with Crippen molar-refractivity contribution in [1.29, 1.82) is 5.26 Å². The second-order valence-electron chi connectivity index (χ2n) is 4.39. The summed E-state index contributed by atoms with van der Waals surface area (Å²) >= 11 is 1.28. The van der Waals surface area contributed by atoms with Crippen LogP contribution in [-0.4, -0.2) is 21.1 Å². The number of rotatable bonds is 4. The SMILES string of the molecule is Cc1ccnc(SC(C)C(=O)Nc2ccccc2C#N)n1. The number of hydrogen-bond acceptors (Lipinski definition) is 5. The summed E-state index contributed by atoms with van der Waals surface area (Å²) in [5.41, 5.74) is 1.81. The predicted octanol–water partition coefficient (Wildman–Crippen LogP) is 2.78. The second-order valence-corrected chi connectivity index (χ2v) is 5.70. The van der Waals surface area contributed by atoms with Crippen molar-refractivity contribution < 1.29 is 4.79 Å². The van der Waals surface area contributed by atoms with Crippen LogP contribution in [0.3, 0.4) is 0 Å². The molecule has 1 N–H and O–H groups in total. The zero-order valence-electron chi connectivity index (χ0n) is 11.7. The van der Waals surface area contributed by atoms with E-state index >= 15 is 0 Å². The number of thioether (sulfide) groups is 1. The maximum atomic E-state index is 12.2. The number of anilines is 1. The van der Waals surface area contributed by atoms with E-state index in [4.69, 9.17) is 5.26 Å². The zero-order chi connectivity index (χ0) is 15.2. The number of carbonyl (C=O) groups is 1. The van der Waals surface area contributed by atoms with E-state index in [1.54, 1.807) is 43.5 Å². The molecule has 1 amide bonds. The molecule has 0 radical (unpaired) electrons. The van der Waals surface area contributed by atoms with Gasteiger partial charge in [-0.2, -0.15) is 5.26 Å². The normalized spacial score (nSPS) is 11.5. The standard InChI is InChI=1S/C15H14N4OS/c1-10-7-8-17-15(18-10)21-11(2)14(20)19-13-6-4-3-5-12(13)9-16/h3-8,11H,1-2H3,(H,19,20). The molecule has 2 rings (SSSR count). The molecule has 0 aliphatic carbocycles. The van der Waals surface area contributed by atoms with Gasteiger partial charge in [0.1, 0.15) is 6.07 Å². The topological polar surface area (TPSA) is 78.7 Å². The lowest BCUT2D eigenvalue weighted by molar-refractivity contribution is -0.115. The van der Waals surface area contributed by atoms with Crippen molar-refractivity contribution in [3.63, 3.8) is 0 Å². The van der Waals surface area contributed by atoms with Crippen LogP contribution >= 0.6 is 11.8 Å². The summed E-state index contributed by atoms with van der Waals surface area (Å²) in [5.74, 6) is -0.187. The highest BCUT2D eigenvalue weighted by molar-refractivity contribution is 8.00. The van der Waals surface area contributed by atoms with E-state index in [1.165, 1.54) is 11.8 Å². The van der Waals surface area contributed by atoms with E-state index in [-0.39, 0.29) is 11.2 Å². The number of nitrogens with zero attached hydrogens (tertiary/aromatic N) is 3. The minimum absolute atomic E-state index is 0.187. The van der Waals surface area contributed by atoms with E-state index in [0.29, 0.717) is 16.4 Å². The van der Waals surface area contributed by atoms with Gasteiger partial charge < -0.3 is 5.32 Å². The van der Waals surface area contributed by atoms with Crippen molar-refractivity contribution >= 4 is 23.4 Å². The van der Waals surface area contributed by atoms with Crippen LogP contribution in [0, 0.1) is 18.3 Å². The molecule has 0 fully saturated rings. The highest BCUT2D eigenvalue weighted by atomic mass is 32.2. The Labute approximate surface area is 127 Å². The third kappa shape index (κ3) is 4.04. The molecule has 0 spiro atoms. The van der Waals surface area contributed by atoms with Crippen molar-refractivity contribution in [3.05, 3.63) is 47.8 Å². The number of aryl methyl sites for hydroxylation is 1. The fraction of sp³-hybridized carbons (Fsp3) is 0.200. The van der Waals surface area contributed by atoms with Gasteiger partial charge in [-0.3, -0.25) is 4.79 Å². The van der Waals surface area contributed by atoms with Crippen LogP contribution < -0.4 is 5.32 Å². The maximum Gasteiger partial charge on any atom is 0.237 e. The Morgan fingerprint density at radius 2 is 2.14 bits per heavy atom. The summed E-state index contributed by atoms with van der Waals surface area (Å²) in [7, 11) is 0. The Kier molecular flexibility index (Phi) is 4.90. The molecule has 0 saturated carbocycles. The number of carbonyl (C=O) groups excluding carboxylic acids is 1. The molecule has 0 aliphatic heterocycles. The molecule has 5 nitrogen and oxygen atoms in total. The molecule has 1 unspecified atom stereocenters. The van der Waals surface area contributed by atoms with Gasteiger partial charge in [0.15, 0.2) is 5.16 Å². The van der Waals surface area contributed by atoms with Gasteiger partial charge in [0, 0.05) is 11.9 Å². The molecule has 0 aliphatic rings. The number of amides is 1. The van der Waals surface area contributed by atoms with Gasteiger partial charge in [-0.05, 0) is 32.0 Å². The van der Waals surface area contributed by atoms with E-state index in [1.807, 2.05) is 6.92 Å². The zero-order valence-corrected chi connectivity index (χ0v) is 12.5. The molecule has 1 heterocycles. The Hall–Kier alpha value is -2.39. The first-order chi connectivity index (χ1) is 10.1. The third-order valence-electron chi connectivity index (χ3n) is 2.73. The molecule has 6 heteroatoms. The lowest BCUT2D eigenvalue weighted by Crippen LogP contribution is -2.23. The minimum atomic E-state index is -0.362. The smallest absolute Gasteiger partial charge is 0.237 e. The van der Waals surface area contributed by atoms with Crippen molar-refractivity contribution in [2.75, 3.05) is 5.32 Å². The van der Waals surface area contributed by atoms with Gasteiger partial charge in [0.05, 0.1) is 16.5 Å². The minimum Gasteiger partial charge on any atom is -0.324 e. The summed E-state index contributed by atoms with van der Waals surface area (Å²) < 4.78 is 0. The monoisotopic (exact) mass is 298 g/mol. The van der Waals surface area contributed by atoms with E-state index in [2.05, 4.69) is 21.4 Å². The van der Waals surface area contributed by atoms with Crippen LogP contribution in [0.25, 0.3) is 0 Å². The van der Waals surface area contributed by atoms with Gasteiger partial charge in [-0.1, -0.05) is 23.9 Å². The van der Waals surface area contributed by atoms with Crippen LogP contribution in [0.2, 0.25) is 0 Å². The molecule has 0 saturated heterocycles. The predicted molar refractivity (Wildman–Crippen MR) is 81.9 cm³/mol. The molecule has 0 bridgehead atoms. The first-order valence-corrected chi connectivity index (χ1v) is 7.24. The van der Waals surface area contributed by atoms with Gasteiger partial charge in [0.25, 0.3) is 0 Å². The number of nitrogens with one attached hydrogen (secondary N) is 1. The quantitative estimate of drug-likeness (QED) is 0.693. The van der Waals surface area contributed by atoms with Crippen molar-refractivity contribution in [2.45, 2.75) is 24.3 Å². The number of para-hydroxylation sites is 1. The van der Waals surface area contributed by atoms with Gasteiger partial charge in [-0.15, -0.1) is 0 Å². The molecule has 1 atom stereocenters. The highest BCUT2D eigenvalue weighted by Gasteiger charge is 2.17. The molecule has 1 aromatic heterocycles. The molecule has 1 aromatic carbocycles. The van der Waals surface area contributed by atoms with Gasteiger partial charge in [0.2, 0.25) is 5.91 Å². The fourth-order valence-electron chi connectivity index (χ4n) is 1.62. The van der Waals surface area contributed by atoms with E-state index < -0.39 is 0 Å². The summed E-state index contributed by atoms with van der Waals surface area (Å²) in [5, 5.41) is 12.0. The van der Waals surface area contributed by atoms with Gasteiger partial charge >= 0.3 is 0 Å². The van der Waals surface area contributed by atoms with Crippen molar-refractivity contribution in [1.82, 2.24) is 9.97 Å². The molecular weight excluding hydrogens is 284 g/mol. The summed E-state index contributed by atoms with van der Waals surface area (Å²) in [6.45, 7) is 3.65. The molecular formula is C15H14N4OS. The Bertz CT molecular complexity index is 696. The Morgan fingerprint density at radius 3 is 2.86 bits per heavy atom. The summed E-state index contributed by atoms with van der Waals surface area (Å²) in [6, 6.07) is 10.8. The second kappa shape index (κ2) is 6.86. The Balaban J connectivity index is 2.05. The first kappa shape index (κ1) is 15.0. The summed E-state index contributed by atoms with van der Waals surface area (Å²) in [4.78, 5) is 20.6.